The molecule has 1 atom stereocenters. The number of H-pyrrole nitrogens is 1. The van der Waals surface area contributed by atoms with Gasteiger partial charge in [-0.05, 0) is 56.2 Å². The van der Waals surface area contributed by atoms with Crippen molar-refractivity contribution in [3.8, 4) is 16.9 Å². The molecule has 2 aromatic heterocycles. The van der Waals surface area contributed by atoms with Gasteiger partial charge < -0.3 is 9.72 Å². The Hall–Kier alpha value is -2.94. The van der Waals surface area contributed by atoms with Crippen molar-refractivity contribution in [1.29, 1.82) is 0 Å². The van der Waals surface area contributed by atoms with Crippen LogP contribution in [0.4, 0.5) is 0 Å². The summed E-state index contributed by atoms with van der Waals surface area (Å²) in [7, 11) is 0. The first-order valence-corrected chi connectivity index (χ1v) is 11.4. The molecule has 0 bridgehead atoms. The van der Waals surface area contributed by atoms with Gasteiger partial charge in [0.15, 0.2) is 6.10 Å². The minimum Gasteiger partial charge on any atom is -0.479 e. The van der Waals surface area contributed by atoms with Crippen molar-refractivity contribution in [1.82, 2.24) is 9.66 Å². The predicted octanol–water partition coefficient (Wildman–Crippen LogP) is 5.60. The second kappa shape index (κ2) is 8.90. The third kappa shape index (κ3) is 4.21. The lowest BCUT2D eigenvalue weighted by Crippen LogP contribution is -2.40. The van der Waals surface area contributed by atoms with E-state index in [0.29, 0.717) is 21.0 Å². The molecular formula is C23H20ClN3O3S2. The van der Waals surface area contributed by atoms with E-state index in [0.717, 1.165) is 26.2 Å². The highest BCUT2D eigenvalue weighted by Gasteiger charge is 2.21. The summed E-state index contributed by atoms with van der Waals surface area (Å²) in [6.45, 7) is 5.43. The number of hydrogen-bond acceptors (Lipinski definition) is 5. The highest BCUT2D eigenvalue weighted by molar-refractivity contribution is 7.71. The molecule has 9 heteroatoms. The number of hydrogen-bond donors (Lipinski definition) is 2. The third-order valence-corrected chi connectivity index (χ3v) is 6.59. The zero-order chi connectivity index (χ0) is 23.0. The van der Waals surface area contributed by atoms with E-state index < -0.39 is 17.6 Å². The normalized spacial score (nSPS) is 12.0. The summed E-state index contributed by atoms with van der Waals surface area (Å²) in [6.07, 6.45) is -0.913. The lowest BCUT2D eigenvalue weighted by atomic mass is 10.0. The van der Waals surface area contributed by atoms with Gasteiger partial charge in [0.05, 0.1) is 10.4 Å². The maximum absolute atomic E-state index is 13.4. The number of aromatic amines is 1. The van der Waals surface area contributed by atoms with Crippen molar-refractivity contribution in [3.05, 3.63) is 79.1 Å². The monoisotopic (exact) mass is 485 g/mol. The Balaban J connectivity index is 1.70. The smallest absolute Gasteiger partial charge is 0.282 e. The van der Waals surface area contributed by atoms with Gasteiger partial charge in [0.1, 0.15) is 10.6 Å². The van der Waals surface area contributed by atoms with E-state index in [2.05, 4.69) is 10.4 Å². The van der Waals surface area contributed by atoms with Crippen molar-refractivity contribution >= 4 is 51.3 Å². The zero-order valence-corrected chi connectivity index (χ0v) is 20.0. The predicted molar refractivity (Wildman–Crippen MR) is 132 cm³/mol. The van der Waals surface area contributed by atoms with Gasteiger partial charge in [-0.3, -0.25) is 15.0 Å². The van der Waals surface area contributed by atoms with E-state index in [1.165, 1.54) is 11.3 Å². The largest absolute Gasteiger partial charge is 0.479 e. The van der Waals surface area contributed by atoms with Crippen LogP contribution in [0.3, 0.4) is 0 Å². The second-order valence-electron chi connectivity index (χ2n) is 7.34. The summed E-state index contributed by atoms with van der Waals surface area (Å²) in [4.78, 5) is 30.9. The van der Waals surface area contributed by atoms with E-state index in [1.54, 1.807) is 19.1 Å². The number of rotatable bonds is 5. The fourth-order valence-corrected chi connectivity index (χ4v) is 4.92. The molecule has 4 rings (SSSR count). The lowest BCUT2D eigenvalue weighted by molar-refractivity contribution is -0.123. The minimum atomic E-state index is -0.913. The molecule has 1 amide bonds. The number of amides is 1. The second-order valence-corrected chi connectivity index (χ2v) is 9.36. The molecule has 32 heavy (non-hydrogen) atoms. The fraction of sp³-hybridized carbons (Fsp3) is 0.174. The number of nitrogens with one attached hydrogen (secondary N) is 2. The number of carbonyl (C=O) groups is 1. The van der Waals surface area contributed by atoms with E-state index in [9.17, 15) is 9.59 Å². The summed E-state index contributed by atoms with van der Waals surface area (Å²) in [5, 5.41) is 0.871. The molecule has 0 aliphatic rings. The maximum atomic E-state index is 13.4. The van der Waals surface area contributed by atoms with E-state index in [-0.39, 0.29) is 4.77 Å². The summed E-state index contributed by atoms with van der Waals surface area (Å²) in [5.41, 5.74) is 4.86. The SMILES string of the molecule is Cc1ccc(Cl)c(O[C@@H](C)C(=O)Nn2c(=S)[nH]c3sc(C)c(-c4ccccc4)c3c2=O)c1. The molecule has 2 heterocycles. The molecule has 0 spiro atoms. The van der Waals surface area contributed by atoms with E-state index in [1.807, 2.05) is 50.2 Å². The molecule has 0 aliphatic heterocycles. The number of carbonyl (C=O) groups excluding carboxylic acids is 1. The van der Waals surface area contributed by atoms with Crippen molar-refractivity contribution in [2.24, 2.45) is 0 Å². The van der Waals surface area contributed by atoms with Gasteiger partial charge in [-0.25, -0.2) is 0 Å². The van der Waals surface area contributed by atoms with Gasteiger partial charge in [0.2, 0.25) is 4.77 Å². The number of fused-ring (bicyclic) bond motifs is 1. The topological polar surface area (TPSA) is 76.1 Å². The Bertz CT molecular complexity index is 1440. The van der Waals surface area contributed by atoms with Crippen LogP contribution >= 0.6 is 35.2 Å². The Morgan fingerprint density at radius 3 is 2.66 bits per heavy atom. The van der Waals surface area contributed by atoms with Crippen molar-refractivity contribution in [2.45, 2.75) is 26.9 Å². The minimum absolute atomic E-state index is 0.0949. The molecule has 164 valence electrons. The Labute approximate surface area is 198 Å². The molecular weight excluding hydrogens is 466 g/mol. The standard InChI is InChI=1S/C23H20ClN3O3S2/c1-12-9-10-16(24)17(11-12)30-13(2)20(28)26-27-22(29)19-18(15-7-5-4-6-8-15)14(3)32-21(19)25-23(27)31/h4-11,13H,1-3H3,(H,25,31)(H,26,28)/t13-/m0/s1. The highest BCUT2D eigenvalue weighted by atomic mass is 35.5. The number of halogens is 1. The van der Waals surface area contributed by atoms with Crippen molar-refractivity contribution < 1.29 is 9.53 Å². The number of nitrogens with zero attached hydrogens (tertiary/aromatic N) is 1. The third-order valence-electron chi connectivity index (χ3n) is 4.97. The highest BCUT2D eigenvalue weighted by Crippen LogP contribution is 2.35. The molecule has 0 saturated heterocycles. The van der Waals surface area contributed by atoms with E-state index in [4.69, 9.17) is 28.6 Å². The Kier molecular flexibility index (Phi) is 6.19. The number of thiophene rings is 1. The van der Waals surface area contributed by atoms with Gasteiger partial charge in [0, 0.05) is 10.4 Å². The van der Waals surface area contributed by atoms with Gasteiger partial charge in [-0.15, -0.1) is 11.3 Å². The van der Waals surface area contributed by atoms with Crippen LogP contribution in [-0.2, 0) is 4.79 Å². The average molecular weight is 486 g/mol. The Morgan fingerprint density at radius 1 is 1.22 bits per heavy atom. The van der Waals surface area contributed by atoms with Crippen LogP contribution in [0.2, 0.25) is 5.02 Å². The molecule has 0 aliphatic carbocycles. The molecule has 4 aromatic rings. The zero-order valence-electron chi connectivity index (χ0n) is 17.6. The van der Waals surface area contributed by atoms with E-state index >= 15 is 0 Å². The van der Waals surface area contributed by atoms with Crippen LogP contribution in [0.15, 0.2) is 53.3 Å². The van der Waals surface area contributed by atoms with Crippen LogP contribution in [0.25, 0.3) is 21.3 Å². The van der Waals surface area contributed by atoms with Gasteiger partial charge in [0.25, 0.3) is 11.5 Å². The average Bonchev–Trinajstić information content (AvgIpc) is 3.09. The van der Waals surface area contributed by atoms with Crippen LogP contribution in [0.1, 0.15) is 17.4 Å². The molecule has 2 N–H and O–H groups in total. The molecule has 0 fully saturated rings. The van der Waals surface area contributed by atoms with Crippen molar-refractivity contribution in [2.75, 3.05) is 5.43 Å². The fourth-order valence-electron chi connectivity index (χ4n) is 3.39. The molecule has 0 radical (unpaired) electrons. The van der Waals surface area contributed by atoms with Crippen LogP contribution in [0, 0.1) is 18.6 Å². The first-order chi connectivity index (χ1) is 15.3. The van der Waals surface area contributed by atoms with Crippen molar-refractivity contribution in [3.63, 3.8) is 0 Å². The lowest BCUT2D eigenvalue weighted by Gasteiger charge is -2.17. The Morgan fingerprint density at radius 2 is 1.94 bits per heavy atom. The molecule has 0 saturated carbocycles. The van der Waals surface area contributed by atoms with Gasteiger partial charge >= 0.3 is 0 Å². The number of benzene rings is 2. The first-order valence-electron chi connectivity index (χ1n) is 9.83. The van der Waals surface area contributed by atoms with Gasteiger partial charge in [-0.2, -0.15) is 4.68 Å². The number of ether oxygens (including phenoxy) is 1. The number of aryl methyl sites for hydroxylation is 2. The maximum Gasteiger partial charge on any atom is 0.282 e. The molecule has 6 nitrogen and oxygen atoms in total. The first kappa shape index (κ1) is 22.3. The number of aromatic nitrogens is 2. The van der Waals surface area contributed by atoms with Crippen LogP contribution in [0.5, 0.6) is 5.75 Å². The summed E-state index contributed by atoms with van der Waals surface area (Å²) < 4.78 is 6.87. The quantitative estimate of drug-likeness (QED) is 0.361. The van der Waals surface area contributed by atoms with Crippen LogP contribution < -0.4 is 15.7 Å². The summed E-state index contributed by atoms with van der Waals surface area (Å²) >= 11 is 13.0. The van der Waals surface area contributed by atoms with Gasteiger partial charge in [-0.1, -0.05) is 48.0 Å². The molecule has 0 unspecified atom stereocenters. The summed E-state index contributed by atoms with van der Waals surface area (Å²) in [6, 6.07) is 14.9. The molecule has 2 aromatic carbocycles. The van der Waals surface area contributed by atoms with Crippen LogP contribution in [-0.4, -0.2) is 21.7 Å². The summed E-state index contributed by atoms with van der Waals surface area (Å²) in [5.74, 6) is -0.140.